The second-order valence-electron chi connectivity index (χ2n) is 7.31. The summed E-state index contributed by atoms with van der Waals surface area (Å²) in [5.74, 6) is -0.241. The Labute approximate surface area is 168 Å². The smallest absolute Gasteiger partial charge is 0.263 e. The Hall–Kier alpha value is -1.68. The van der Waals surface area contributed by atoms with Crippen molar-refractivity contribution >= 4 is 43.0 Å². The van der Waals surface area contributed by atoms with Gasteiger partial charge in [-0.3, -0.25) is 4.79 Å². The molecule has 28 heavy (non-hydrogen) atoms. The summed E-state index contributed by atoms with van der Waals surface area (Å²) in [6, 6.07) is 4.95. The minimum Gasteiger partial charge on any atom is -0.397 e. The average molecular weight is 424 g/mol. The molecule has 7 nitrogen and oxygen atoms in total. The molecule has 2 aromatic rings. The third-order valence-corrected chi connectivity index (χ3v) is 8.45. The van der Waals surface area contributed by atoms with Crippen LogP contribution in [0.2, 0.25) is 0 Å². The first-order valence-corrected chi connectivity index (χ1v) is 11.9. The summed E-state index contributed by atoms with van der Waals surface area (Å²) in [7, 11) is -3.54. The molecule has 0 spiro atoms. The molecule has 9 heteroatoms. The Morgan fingerprint density at radius 2 is 2.04 bits per heavy atom. The maximum Gasteiger partial charge on any atom is 0.263 e. The zero-order valence-corrected chi connectivity index (χ0v) is 17.3. The summed E-state index contributed by atoms with van der Waals surface area (Å²) >= 11 is 1.28. The van der Waals surface area contributed by atoms with E-state index >= 15 is 0 Å². The van der Waals surface area contributed by atoms with Crippen LogP contribution in [0.1, 0.15) is 41.8 Å². The highest BCUT2D eigenvalue weighted by atomic mass is 32.2. The number of hydrogen-bond acceptors (Lipinski definition) is 6. The zero-order valence-electron chi connectivity index (χ0n) is 15.6. The molecule has 0 radical (unpaired) electrons. The molecule has 0 bridgehead atoms. The molecule has 3 N–H and O–H groups in total. The number of carbonyl (C=O) groups is 1. The highest BCUT2D eigenvalue weighted by Crippen LogP contribution is 2.36. The molecule has 1 unspecified atom stereocenters. The van der Waals surface area contributed by atoms with E-state index in [-0.39, 0.29) is 16.9 Å². The van der Waals surface area contributed by atoms with Gasteiger partial charge in [-0.15, -0.1) is 11.3 Å². The largest absolute Gasteiger partial charge is 0.397 e. The van der Waals surface area contributed by atoms with E-state index in [4.69, 9.17) is 10.5 Å². The maximum absolute atomic E-state index is 12.9. The van der Waals surface area contributed by atoms with E-state index in [1.807, 2.05) is 0 Å². The van der Waals surface area contributed by atoms with Crippen LogP contribution in [0.25, 0.3) is 10.1 Å². The van der Waals surface area contributed by atoms with Crippen LogP contribution < -0.4 is 11.1 Å². The van der Waals surface area contributed by atoms with Crippen molar-refractivity contribution in [2.75, 3.05) is 32.0 Å². The molecule has 4 rings (SSSR count). The summed E-state index contributed by atoms with van der Waals surface area (Å²) in [6.45, 7) is 2.30. The van der Waals surface area contributed by atoms with Crippen LogP contribution in [0.3, 0.4) is 0 Å². The third-order valence-electron chi connectivity index (χ3n) is 5.37. The molecule has 2 aliphatic rings. The lowest BCUT2D eigenvalue weighted by Gasteiger charge is -2.25. The van der Waals surface area contributed by atoms with Crippen LogP contribution in [0, 0.1) is 0 Å². The molecular formula is C19H25N3O4S2. The van der Waals surface area contributed by atoms with Gasteiger partial charge < -0.3 is 15.8 Å². The van der Waals surface area contributed by atoms with Gasteiger partial charge in [0.15, 0.2) is 0 Å². The number of nitrogen functional groups attached to an aromatic ring is 1. The fourth-order valence-electron chi connectivity index (χ4n) is 3.77. The van der Waals surface area contributed by atoms with Gasteiger partial charge in [0.1, 0.15) is 4.88 Å². The summed E-state index contributed by atoms with van der Waals surface area (Å²) in [6.07, 6.45) is 4.85. The first kappa shape index (κ1) is 19.6. The highest BCUT2D eigenvalue weighted by molar-refractivity contribution is 7.89. The fraction of sp³-hybridized carbons (Fsp3) is 0.526. The Balaban J connectivity index is 1.58. The number of hydrogen-bond donors (Lipinski definition) is 2. The molecule has 2 saturated heterocycles. The second kappa shape index (κ2) is 7.98. The number of rotatable bonds is 5. The van der Waals surface area contributed by atoms with Gasteiger partial charge in [0.05, 0.1) is 16.7 Å². The predicted molar refractivity (Wildman–Crippen MR) is 110 cm³/mol. The lowest BCUT2D eigenvalue weighted by Crippen LogP contribution is -2.35. The Morgan fingerprint density at radius 3 is 2.75 bits per heavy atom. The molecule has 2 aliphatic heterocycles. The Kier molecular flexibility index (Phi) is 5.59. The molecule has 0 saturated carbocycles. The summed E-state index contributed by atoms with van der Waals surface area (Å²) < 4.78 is 33.7. The predicted octanol–water partition coefficient (Wildman–Crippen LogP) is 2.57. The van der Waals surface area contributed by atoms with Crippen LogP contribution in [0.4, 0.5) is 5.69 Å². The molecule has 0 aliphatic carbocycles. The van der Waals surface area contributed by atoms with E-state index in [2.05, 4.69) is 5.32 Å². The molecule has 1 aromatic carbocycles. The lowest BCUT2D eigenvalue weighted by molar-refractivity contribution is 0.0862. The van der Waals surface area contributed by atoms with Gasteiger partial charge in [-0.2, -0.15) is 4.31 Å². The maximum atomic E-state index is 12.9. The minimum absolute atomic E-state index is 0.0563. The Morgan fingerprint density at radius 1 is 1.25 bits per heavy atom. The topological polar surface area (TPSA) is 102 Å². The number of nitrogens with two attached hydrogens (primary N) is 1. The van der Waals surface area contributed by atoms with Gasteiger partial charge in [-0.05, 0) is 43.9 Å². The molecule has 3 heterocycles. The fourth-order valence-corrected chi connectivity index (χ4v) is 6.33. The van der Waals surface area contributed by atoms with E-state index in [1.54, 1.807) is 18.2 Å². The number of anilines is 1. The summed E-state index contributed by atoms with van der Waals surface area (Å²) in [5.41, 5.74) is 6.56. The number of amides is 1. The lowest BCUT2D eigenvalue weighted by atomic mass is 10.2. The normalized spacial score (nSPS) is 21.2. The van der Waals surface area contributed by atoms with Crippen LogP contribution in [-0.4, -0.2) is 51.0 Å². The van der Waals surface area contributed by atoms with Crippen molar-refractivity contribution in [1.82, 2.24) is 9.62 Å². The SMILES string of the molecule is Nc1c(C(=O)NCC2CCCO2)sc2ccc(S(=O)(=O)N3CCCCC3)cc12. The first-order valence-electron chi connectivity index (χ1n) is 9.69. The number of carbonyl (C=O) groups excluding carboxylic acids is 1. The number of nitrogens with zero attached hydrogens (tertiary/aromatic N) is 1. The molecule has 1 amide bonds. The van der Waals surface area contributed by atoms with E-state index in [9.17, 15) is 13.2 Å². The van der Waals surface area contributed by atoms with E-state index in [0.29, 0.717) is 35.6 Å². The van der Waals surface area contributed by atoms with E-state index in [1.165, 1.54) is 15.6 Å². The van der Waals surface area contributed by atoms with Crippen molar-refractivity contribution in [2.45, 2.75) is 43.1 Å². The number of thiophene rings is 1. The van der Waals surface area contributed by atoms with Gasteiger partial charge in [-0.1, -0.05) is 6.42 Å². The molecular weight excluding hydrogens is 398 g/mol. The van der Waals surface area contributed by atoms with E-state index < -0.39 is 10.0 Å². The average Bonchev–Trinajstić information content (AvgIpc) is 3.35. The van der Waals surface area contributed by atoms with Crippen molar-refractivity contribution < 1.29 is 17.9 Å². The number of piperidine rings is 1. The monoisotopic (exact) mass is 423 g/mol. The molecule has 152 valence electrons. The second-order valence-corrected chi connectivity index (χ2v) is 10.3. The quantitative estimate of drug-likeness (QED) is 0.770. The van der Waals surface area contributed by atoms with Crippen LogP contribution in [0.15, 0.2) is 23.1 Å². The van der Waals surface area contributed by atoms with Gasteiger partial charge >= 0.3 is 0 Å². The molecule has 1 aromatic heterocycles. The summed E-state index contributed by atoms with van der Waals surface area (Å²) in [4.78, 5) is 13.2. The molecule has 1 atom stereocenters. The highest BCUT2D eigenvalue weighted by Gasteiger charge is 2.27. The van der Waals surface area contributed by atoms with Gasteiger partial charge in [0, 0.05) is 36.3 Å². The third kappa shape index (κ3) is 3.76. The van der Waals surface area contributed by atoms with Crippen molar-refractivity contribution in [3.63, 3.8) is 0 Å². The first-order chi connectivity index (χ1) is 13.5. The van der Waals surface area contributed by atoms with Gasteiger partial charge in [0.2, 0.25) is 10.0 Å². The van der Waals surface area contributed by atoms with Crippen molar-refractivity contribution in [3.8, 4) is 0 Å². The van der Waals surface area contributed by atoms with Crippen LogP contribution >= 0.6 is 11.3 Å². The van der Waals surface area contributed by atoms with Crippen LogP contribution in [0.5, 0.6) is 0 Å². The number of nitrogens with one attached hydrogen (secondary N) is 1. The number of sulfonamides is 1. The van der Waals surface area contributed by atoms with Gasteiger partial charge in [0.25, 0.3) is 5.91 Å². The van der Waals surface area contributed by atoms with Gasteiger partial charge in [-0.25, -0.2) is 8.42 Å². The Bertz CT molecular complexity index is 974. The minimum atomic E-state index is -3.54. The van der Waals surface area contributed by atoms with Crippen molar-refractivity contribution in [2.24, 2.45) is 0 Å². The zero-order chi connectivity index (χ0) is 19.7. The summed E-state index contributed by atoms with van der Waals surface area (Å²) in [5, 5.41) is 3.50. The van der Waals surface area contributed by atoms with Crippen molar-refractivity contribution in [1.29, 1.82) is 0 Å². The molecule has 2 fully saturated rings. The van der Waals surface area contributed by atoms with E-state index in [0.717, 1.165) is 43.4 Å². The number of ether oxygens (including phenoxy) is 1. The number of fused-ring (bicyclic) bond motifs is 1. The standard InChI is InChI=1S/C19H25N3O4S2/c20-17-15-11-14(28(24,25)22-8-2-1-3-9-22)6-7-16(15)27-18(17)19(23)21-12-13-5-4-10-26-13/h6-7,11,13H,1-5,8-10,12,20H2,(H,21,23). The van der Waals surface area contributed by atoms with Crippen LogP contribution in [-0.2, 0) is 14.8 Å². The van der Waals surface area contributed by atoms with Crippen molar-refractivity contribution in [3.05, 3.63) is 23.1 Å². The number of benzene rings is 1.